The van der Waals surface area contributed by atoms with Crippen molar-refractivity contribution >= 4 is 15.9 Å². The van der Waals surface area contributed by atoms with Gasteiger partial charge in [-0.05, 0) is 17.7 Å². The van der Waals surface area contributed by atoms with Crippen LogP contribution in [0.1, 0.15) is 11.3 Å². The van der Waals surface area contributed by atoms with Crippen LogP contribution in [0.2, 0.25) is 0 Å². The number of hydrogen-bond donors (Lipinski definition) is 0. The summed E-state index contributed by atoms with van der Waals surface area (Å²) in [5, 5.41) is 8.60. The lowest BCUT2D eigenvalue weighted by Crippen LogP contribution is -1.98. The van der Waals surface area contributed by atoms with Crippen LogP contribution in [0.4, 0.5) is 0 Å². The van der Waals surface area contributed by atoms with Crippen molar-refractivity contribution in [2.45, 2.75) is 11.9 Å². The summed E-state index contributed by atoms with van der Waals surface area (Å²) in [5.74, 6) is 1.42. The van der Waals surface area contributed by atoms with E-state index in [2.05, 4.69) is 26.2 Å². The maximum Gasteiger partial charge on any atom is 0.162 e. The number of methoxy groups -OCH3 is 1. The van der Waals surface area contributed by atoms with Crippen LogP contribution >= 0.6 is 15.9 Å². The largest absolute Gasteiger partial charge is 0.493 e. The molecule has 0 saturated carbocycles. The third-order valence-electron chi connectivity index (χ3n) is 2.41. The van der Waals surface area contributed by atoms with Crippen molar-refractivity contribution in [3.8, 4) is 11.5 Å². The van der Waals surface area contributed by atoms with E-state index < -0.39 is 0 Å². The van der Waals surface area contributed by atoms with Crippen LogP contribution in [-0.4, -0.2) is 22.1 Å². The van der Waals surface area contributed by atoms with E-state index in [4.69, 9.17) is 9.47 Å². The first-order valence-electron chi connectivity index (χ1n) is 5.44. The van der Waals surface area contributed by atoms with Gasteiger partial charge in [-0.15, -0.1) is 5.10 Å². The minimum absolute atomic E-state index is 0.371. The molecule has 2 rings (SSSR count). The van der Waals surface area contributed by atoms with E-state index in [1.807, 2.05) is 31.4 Å². The highest BCUT2D eigenvalue weighted by Gasteiger charge is 2.07. The molecule has 0 atom stereocenters. The van der Waals surface area contributed by atoms with Crippen LogP contribution < -0.4 is 9.47 Å². The van der Waals surface area contributed by atoms with Gasteiger partial charge < -0.3 is 9.47 Å². The first-order chi connectivity index (χ1) is 8.72. The van der Waals surface area contributed by atoms with Crippen molar-refractivity contribution in [3.05, 3.63) is 35.7 Å². The number of nitrogens with zero attached hydrogens (tertiary/aromatic N) is 3. The van der Waals surface area contributed by atoms with E-state index in [9.17, 15) is 0 Å². The second-order valence-electron chi connectivity index (χ2n) is 3.79. The van der Waals surface area contributed by atoms with Gasteiger partial charge in [-0.1, -0.05) is 27.2 Å². The number of alkyl halides is 1. The van der Waals surface area contributed by atoms with Crippen LogP contribution in [-0.2, 0) is 19.0 Å². The Kier molecular flexibility index (Phi) is 4.19. The number of aromatic nitrogens is 3. The third-order valence-corrected chi connectivity index (χ3v) is 3.06. The predicted octanol–water partition coefficient (Wildman–Crippen LogP) is 2.30. The molecule has 0 aliphatic rings. The van der Waals surface area contributed by atoms with Crippen molar-refractivity contribution in [2.75, 3.05) is 7.11 Å². The molecule has 0 aliphatic heterocycles. The maximum absolute atomic E-state index is 5.71. The average Bonchev–Trinajstić information content (AvgIpc) is 2.81. The van der Waals surface area contributed by atoms with Gasteiger partial charge >= 0.3 is 0 Å². The second-order valence-corrected chi connectivity index (χ2v) is 4.35. The SMILES string of the molecule is COc1ccc(CBr)cc1OCc1cn(C)nn1. The molecule has 1 heterocycles. The van der Waals surface area contributed by atoms with Crippen LogP contribution in [0.5, 0.6) is 11.5 Å². The first kappa shape index (κ1) is 12.9. The van der Waals surface area contributed by atoms with Crippen molar-refractivity contribution in [3.63, 3.8) is 0 Å². The van der Waals surface area contributed by atoms with Crippen LogP contribution in [0.3, 0.4) is 0 Å². The molecule has 18 heavy (non-hydrogen) atoms. The highest BCUT2D eigenvalue weighted by Crippen LogP contribution is 2.29. The highest BCUT2D eigenvalue weighted by atomic mass is 79.9. The number of rotatable bonds is 5. The molecule has 1 aromatic heterocycles. The fourth-order valence-electron chi connectivity index (χ4n) is 1.53. The van der Waals surface area contributed by atoms with Gasteiger partial charge in [0.2, 0.25) is 0 Å². The van der Waals surface area contributed by atoms with Gasteiger partial charge in [-0.3, -0.25) is 4.68 Å². The van der Waals surface area contributed by atoms with E-state index >= 15 is 0 Å². The van der Waals surface area contributed by atoms with E-state index in [0.717, 1.165) is 16.6 Å². The molecule has 1 aromatic carbocycles. The summed E-state index contributed by atoms with van der Waals surface area (Å²) < 4.78 is 12.6. The highest BCUT2D eigenvalue weighted by molar-refractivity contribution is 9.08. The molecule has 0 amide bonds. The summed E-state index contributed by atoms with van der Waals surface area (Å²) in [6.45, 7) is 0.371. The summed E-state index contributed by atoms with van der Waals surface area (Å²) in [6, 6.07) is 5.83. The quantitative estimate of drug-likeness (QED) is 0.795. The lowest BCUT2D eigenvalue weighted by Gasteiger charge is -2.10. The molecule has 0 unspecified atom stereocenters. The second kappa shape index (κ2) is 5.86. The normalized spacial score (nSPS) is 10.4. The Balaban J connectivity index is 2.11. The Morgan fingerprint density at radius 3 is 2.78 bits per heavy atom. The molecular formula is C12H14BrN3O2. The van der Waals surface area contributed by atoms with Crippen LogP contribution in [0, 0.1) is 0 Å². The first-order valence-corrected chi connectivity index (χ1v) is 6.56. The third kappa shape index (κ3) is 3.01. The number of ether oxygens (including phenoxy) is 2. The summed E-state index contributed by atoms with van der Waals surface area (Å²) in [7, 11) is 3.45. The van der Waals surface area contributed by atoms with E-state index in [0.29, 0.717) is 18.1 Å². The molecule has 0 saturated heterocycles. The molecule has 0 aliphatic carbocycles. The minimum atomic E-state index is 0.371. The smallest absolute Gasteiger partial charge is 0.162 e. The van der Waals surface area contributed by atoms with Gasteiger partial charge in [-0.2, -0.15) is 0 Å². The van der Waals surface area contributed by atoms with Crippen LogP contribution in [0.15, 0.2) is 24.4 Å². The van der Waals surface area contributed by atoms with Crippen molar-refractivity contribution in [1.29, 1.82) is 0 Å². The zero-order chi connectivity index (χ0) is 13.0. The zero-order valence-electron chi connectivity index (χ0n) is 10.3. The Labute approximate surface area is 114 Å². The van der Waals surface area contributed by atoms with Gasteiger partial charge in [0.05, 0.1) is 13.3 Å². The van der Waals surface area contributed by atoms with Gasteiger partial charge in [0, 0.05) is 12.4 Å². The molecule has 0 fully saturated rings. The summed E-state index contributed by atoms with van der Waals surface area (Å²) in [6.07, 6.45) is 1.82. The number of hydrogen-bond acceptors (Lipinski definition) is 4. The fourth-order valence-corrected chi connectivity index (χ4v) is 1.88. The Bertz CT molecular complexity index is 528. The van der Waals surface area contributed by atoms with Gasteiger partial charge in [0.15, 0.2) is 11.5 Å². The number of halogens is 1. The Morgan fingerprint density at radius 2 is 2.17 bits per heavy atom. The number of aryl methyl sites for hydroxylation is 1. The lowest BCUT2D eigenvalue weighted by atomic mass is 10.2. The molecular weight excluding hydrogens is 298 g/mol. The van der Waals surface area contributed by atoms with E-state index in [1.165, 1.54) is 0 Å². The maximum atomic E-state index is 5.71. The molecule has 2 aromatic rings. The van der Waals surface area contributed by atoms with Crippen molar-refractivity contribution < 1.29 is 9.47 Å². The molecule has 96 valence electrons. The van der Waals surface area contributed by atoms with Gasteiger partial charge in [-0.25, -0.2) is 0 Å². The molecule has 0 N–H and O–H groups in total. The average molecular weight is 312 g/mol. The molecule has 0 bridgehead atoms. The molecule has 6 heteroatoms. The molecule has 5 nitrogen and oxygen atoms in total. The monoisotopic (exact) mass is 311 g/mol. The van der Waals surface area contributed by atoms with Crippen molar-refractivity contribution in [2.24, 2.45) is 7.05 Å². The lowest BCUT2D eigenvalue weighted by molar-refractivity contribution is 0.280. The fraction of sp³-hybridized carbons (Fsp3) is 0.333. The molecule has 0 radical (unpaired) electrons. The summed E-state index contributed by atoms with van der Waals surface area (Å²) in [5.41, 5.74) is 1.91. The summed E-state index contributed by atoms with van der Waals surface area (Å²) >= 11 is 3.42. The minimum Gasteiger partial charge on any atom is -0.493 e. The van der Waals surface area contributed by atoms with E-state index in [1.54, 1.807) is 11.8 Å². The Morgan fingerprint density at radius 1 is 1.33 bits per heavy atom. The van der Waals surface area contributed by atoms with Gasteiger partial charge in [0.25, 0.3) is 0 Å². The van der Waals surface area contributed by atoms with Crippen molar-refractivity contribution in [1.82, 2.24) is 15.0 Å². The summed E-state index contributed by atoms with van der Waals surface area (Å²) in [4.78, 5) is 0. The number of benzene rings is 1. The zero-order valence-corrected chi connectivity index (χ0v) is 11.8. The predicted molar refractivity (Wildman–Crippen MR) is 71.0 cm³/mol. The van der Waals surface area contributed by atoms with E-state index in [-0.39, 0.29) is 0 Å². The van der Waals surface area contributed by atoms with Crippen LogP contribution in [0.25, 0.3) is 0 Å². The Hall–Kier alpha value is -1.56. The topological polar surface area (TPSA) is 49.2 Å². The molecule has 0 spiro atoms. The van der Waals surface area contributed by atoms with Gasteiger partial charge in [0.1, 0.15) is 12.3 Å². The standard InChI is InChI=1S/C12H14BrN3O2/c1-16-7-10(14-15-16)8-18-12-5-9(6-13)3-4-11(12)17-2/h3-5,7H,6,8H2,1-2H3.